The van der Waals surface area contributed by atoms with Crippen LogP contribution in [-0.4, -0.2) is 26.7 Å². The molecule has 0 bridgehead atoms. The van der Waals surface area contributed by atoms with Crippen LogP contribution in [0.15, 0.2) is 6.20 Å². The van der Waals surface area contributed by atoms with Gasteiger partial charge in [0.15, 0.2) is 5.65 Å². The van der Waals surface area contributed by atoms with Crippen LogP contribution in [0.3, 0.4) is 0 Å². The number of nitrogens with one attached hydrogen (secondary N) is 1. The number of nitrogens with two attached hydrogens (primary N) is 1. The lowest BCUT2D eigenvalue weighted by atomic mass is 9.95. The van der Waals surface area contributed by atoms with Gasteiger partial charge in [-0.05, 0) is 26.7 Å². The topological polar surface area (TPSA) is 85.8 Å². The summed E-state index contributed by atoms with van der Waals surface area (Å²) in [4.78, 5) is 16.2. The van der Waals surface area contributed by atoms with Gasteiger partial charge in [-0.2, -0.15) is 5.10 Å². The summed E-state index contributed by atoms with van der Waals surface area (Å²) in [6.07, 6.45) is 7.57. The van der Waals surface area contributed by atoms with Crippen LogP contribution in [0.4, 0.5) is 5.69 Å². The molecule has 2 heterocycles. The molecular formula is C16H23N5O. The van der Waals surface area contributed by atoms with Crippen molar-refractivity contribution in [1.29, 1.82) is 0 Å². The van der Waals surface area contributed by atoms with Crippen molar-refractivity contribution in [3.63, 3.8) is 0 Å². The highest BCUT2D eigenvalue weighted by atomic mass is 16.1. The maximum Gasteiger partial charge on any atom is 0.252 e. The molecule has 1 aliphatic carbocycles. The molecule has 22 heavy (non-hydrogen) atoms. The minimum Gasteiger partial charge on any atom is -0.381 e. The molecule has 0 aliphatic heterocycles. The lowest BCUT2D eigenvalue weighted by Gasteiger charge is -2.25. The number of aromatic nitrogens is 3. The van der Waals surface area contributed by atoms with E-state index in [4.69, 9.17) is 5.73 Å². The maximum absolute atomic E-state index is 11.8. The molecule has 3 N–H and O–H groups in total. The molecule has 0 saturated heterocycles. The highest BCUT2D eigenvalue weighted by Crippen LogP contribution is 2.31. The van der Waals surface area contributed by atoms with Gasteiger partial charge in [0.05, 0.1) is 22.3 Å². The predicted octanol–water partition coefficient (Wildman–Crippen LogP) is 2.60. The van der Waals surface area contributed by atoms with E-state index in [1.807, 2.05) is 18.5 Å². The van der Waals surface area contributed by atoms with E-state index in [1.54, 1.807) is 6.20 Å². The number of aryl methyl sites for hydroxylation is 2. The average Bonchev–Trinajstić information content (AvgIpc) is 2.85. The smallest absolute Gasteiger partial charge is 0.252 e. The van der Waals surface area contributed by atoms with Crippen LogP contribution in [0.1, 0.15) is 55.1 Å². The van der Waals surface area contributed by atoms with Gasteiger partial charge in [0.1, 0.15) is 0 Å². The Morgan fingerprint density at radius 3 is 2.77 bits per heavy atom. The van der Waals surface area contributed by atoms with Crippen molar-refractivity contribution >= 4 is 22.6 Å². The summed E-state index contributed by atoms with van der Waals surface area (Å²) in [5.41, 5.74) is 8.51. The molecule has 0 unspecified atom stereocenters. The normalized spacial score (nSPS) is 16.1. The number of primary amides is 1. The van der Waals surface area contributed by atoms with Gasteiger partial charge < -0.3 is 11.1 Å². The Morgan fingerprint density at radius 1 is 1.41 bits per heavy atom. The molecule has 3 rings (SSSR count). The molecule has 0 aromatic carbocycles. The van der Waals surface area contributed by atoms with Crippen molar-refractivity contribution in [2.75, 3.05) is 5.32 Å². The van der Waals surface area contributed by atoms with E-state index < -0.39 is 5.91 Å². The second-order valence-corrected chi connectivity index (χ2v) is 5.99. The Hall–Kier alpha value is -2.11. The Balaban J connectivity index is 2.12. The van der Waals surface area contributed by atoms with E-state index in [1.165, 1.54) is 19.3 Å². The molecular weight excluding hydrogens is 278 g/mol. The van der Waals surface area contributed by atoms with Crippen LogP contribution in [0.2, 0.25) is 0 Å². The standard InChI is InChI=1S/C16H23N5O/c1-3-21-16-13(10(2)20-21)14(12(9-18-16)15(17)22)19-11-7-5-4-6-8-11/h9,11H,3-8H2,1-2H3,(H2,17,22)(H,18,19). The largest absolute Gasteiger partial charge is 0.381 e. The van der Waals surface area contributed by atoms with Gasteiger partial charge in [-0.25, -0.2) is 9.67 Å². The minimum atomic E-state index is -0.448. The van der Waals surface area contributed by atoms with Gasteiger partial charge in [0.2, 0.25) is 0 Å². The van der Waals surface area contributed by atoms with Crippen molar-refractivity contribution in [2.45, 2.75) is 58.5 Å². The van der Waals surface area contributed by atoms with E-state index in [-0.39, 0.29) is 0 Å². The van der Waals surface area contributed by atoms with Crippen molar-refractivity contribution in [1.82, 2.24) is 14.8 Å². The summed E-state index contributed by atoms with van der Waals surface area (Å²) < 4.78 is 1.86. The van der Waals surface area contributed by atoms with E-state index in [0.29, 0.717) is 11.6 Å². The van der Waals surface area contributed by atoms with Crippen LogP contribution in [0.25, 0.3) is 11.0 Å². The number of carbonyl (C=O) groups is 1. The van der Waals surface area contributed by atoms with Gasteiger partial charge in [0.25, 0.3) is 5.91 Å². The van der Waals surface area contributed by atoms with Crippen molar-refractivity contribution in [3.8, 4) is 0 Å². The van der Waals surface area contributed by atoms with E-state index >= 15 is 0 Å². The summed E-state index contributed by atoms with van der Waals surface area (Å²) >= 11 is 0. The van der Waals surface area contributed by atoms with Gasteiger partial charge in [0, 0.05) is 18.8 Å². The van der Waals surface area contributed by atoms with Crippen molar-refractivity contribution in [3.05, 3.63) is 17.5 Å². The summed E-state index contributed by atoms with van der Waals surface area (Å²) in [7, 11) is 0. The van der Waals surface area contributed by atoms with Gasteiger partial charge in [-0.3, -0.25) is 4.79 Å². The molecule has 1 aliphatic rings. The Morgan fingerprint density at radius 2 is 2.14 bits per heavy atom. The second-order valence-electron chi connectivity index (χ2n) is 5.99. The highest BCUT2D eigenvalue weighted by molar-refractivity contribution is 6.06. The van der Waals surface area contributed by atoms with Crippen molar-refractivity contribution < 1.29 is 4.79 Å². The molecule has 1 saturated carbocycles. The predicted molar refractivity (Wildman–Crippen MR) is 87.0 cm³/mol. The fraction of sp³-hybridized carbons (Fsp3) is 0.562. The van der Waals surface area contributed by atoms with Gasteiger partial charge in [-0.15, -0.1) is 0 Å². The van der Waals surface area contributed by atoms with Crippen LogP contribution < -0.4 is 11.1 Å². The Labute approximate surface area is 130 Å². The molecule has 0 atom stereocenters. The Kier molecular flexibility index (Phi) is 4.00. The van der Waals surface area contributed by atoms with E-state index in [9.17, 15) is 4.79 Å². The maximum atomic E-state index is 11.8. The molecule has 0 radical (unpaired) electrons. The number of fused-ring (bicyclic) bond motifs is 1. The van der Waals surface area contributed by atoms with E-state index in [0.717, 1.165) is 41.8 Å². The summed E-state index contributed by atoms with van der Waals surface area (Å²) in [5.74, 6) is -0.448. The summed E-state index contributed by atoms with van der Waals surface area (Å²) in [6.45, 7) is 4.73. The average molecular weight is 301 g/mol. The number of rotatable bonds is 4. The molecule has 6 nitrogen and oxygen atoms in total. The third-order valence-electron chi connectivity index (χ3n) is 4.45. The van der Waals surface area contributed by atoms with Crippen LogP contribution in [0, 0.1) is 6.92 Å². The number of hydrogen-bond donors (Lipinski definition) is 2. The number of pyridine rings is 1. The third-order valence-corrected chi connectivity index (χ3v) is 4.45. The SMILES string of the molecule is CCn1nc(C)c2c(NC3CCCCC3)c(C(N)=O)cnc21. The second kappa shape index (κ2) is 5.94. The molecule has 2 aromatic heterocycles. The number of anilines is 1. The molecule has 2 aromatic rings. The van der Waals surface area contributed by atoms with E-state index in [2.05, 4.69) is 15.4 Å². The van der Waals surface area contributed by atoms with Crippen LogP contribution >= 0.6 is 0 Å². The first-order valence-corrected chi connectivity index (χ1v) is 8.04. The van der Waals surface area contributed by atoms with Crippen LogP contribution in [0.5, 0.6) is 0 Å². The van der Waals surface area contributed by atoms with Gasteiger partial charge in [-0.1, -0.05) is 19.3 Å². The van der Waals surface area contributed by atoms with Gasteiger partial charge >= 0.3 is 0 Å². The Bertz CT molecular complexity index is 700. The zero-order valence-corrected chi connectivity index (χ0v) is 13.2. The van der Waals surface area contributed by atoms with Crippen molar-refractivity contribution in [2.24, 2.45) is 5.73 Å². The molecule has 0 spiro atoms. The number of hydrogen-bond acceptors (Lipinski definition) is 4. The molecule has 1 fully saturated rings. The third kappa shape index (κ3) is 2.53. The number of amides is 1. The zero-order valence-electron chi connectivity index (χ0n) is 13.2. The lowest BCUT2D eigenvalue weighted by Crippen LogP contribution is -2.25. The van der Waals surface area contributed by atoms with Crippen LogP contribution in [-0.2, 0) is 6.54 Å². The quantitative estimate of drug-likeness (QED) is 0.909. The first-order chi connectivity index (χ1) is 10.6. The summed E-state index contributed by atoms with van der Waals surface area (Å²) in [6, 6.07) is 0.391. The number of nitrogens with zero attached hydrogens (tertiary/aromatic N) is 3. The molecule has 6 heteroatoms. The summed E-state index contributed by atoms with van der Waals surface area (Å²) in [5, 5.41) is 9.00. The highest BCUT2D eigenvalue weighted by Gasteiger charge is 2.22. The molecule has 1 amide bonds. The fourth-order valence-corrected chi connectivity index (χ4v) is 3.33. The number of carbonyl (C=O) groups excluding carboxylic acids is 1. The lowest BCUT2D eigenvalue weighted by molar-refractivity contribution is 0.100. The zero-order chi connectivity index (χ0) is 15.7. The fourth-order valence-electron chi connectivity index (χ4n) is 3.33. The monoisotopic (exact) mass is 301 g/mol. The minimum absolute atomic E-state index is 0.391. The first-order valence-electron chi connectivity index (χ1n) is 8.04. The first kappa shape index (κ1) is 14.8. The molecule has 118 valence electrons.